The summed E-state index contributed by atoms with van der Waals surface area (Å²) in [7, 11) is 0. The quantitative estimate of drug-likeness (QED) is 0.822. The Morgan fingerprint density at radius 1 is 0.895 bits per heavy atom. The summed E-state index contributed by atoms with van der Waals surface area (Å²) in [5.41, 5.74) is 0.514. The smallest absolute Gasteiger partial charge is 0.0250 e. The van der Waals surface area contributed by atoms with Crippen LogP contribution in [0.5, 0.6) is 0 Å². The van der Waals surface area contributed by atoms with E-state index in [0.717, 1.165) is 24.0 Å². The summed E-state index contributed by atoms with van der Waals surface area (Å²) in [6.07, 6.45) is 9.94. The van der Waals surface area contributed by atoms with Crippen LogP contribution in [0.25, 0.3) is 0 Å². The lowest BCUT2D eigenvalue weighted by atomic mass is 9.71. The first-order valence-corrected chi connectivity index (χ1v) is 8.54. The average Bonchev–Trinajstić information content (AvgIpc) is 2.94. The second-order valence-corrected chi connectivity index (χ2v) is 8.22. The van der Waals surface area contributed by atoms with Gasteiger partial charge in [0.25, 0.3) is 0 Å². The molecule has 2 nitrogen and oxygen atoms in total. The van der Waals surface area contributed by atoms with Gasteiger partial charge in [0.2, 0.25) is 0 Å². The molecule has 0 bridgehead atoms. The number of hydrogen-bond acceptors (Lipinski definition) is 2. The second kappa shape index (κ2) is 5.37. The fourth-order valence-electron chi connectivity index (χ4n) is 4.71. The minimum Gasteiger partial charge on any atom is -0.310 e. The molecule has 2 saturated heterocycles. The maximum Gasteiger partial charge on any atom is 0.0250 e. The Bertz CT molecular complexity index is 299. The van der Waals surface area contributed by atoms with Crippen LogP contribution in [0.2, 0.25) is 0 Å². The molecule has 0 amide bonds. The van der Waals surface area contributed by atoms with E-state index >= 15 is 0 Å². The summed E-state index contributed by atoms with van der Waals surface area (Å²) < 4.78 is 0. The molecule has 0 spiro atoms. The third-order valence-electron chi connectivity index (χ3n) is 6.01. The predicted molar refractivity (Wildman–Crippen MR) is 81.3 cm³/mol. The Labute approximate surface area is 119 Å². The van der Waals surface area contributed by atoms with Gasteiger partial charge in [0.15, 0.2) is 0 Å². The van der Waals surface area contributed by atoms with E-state index in [0.29, 0.717) is 5.41 Å². The van der Waals surface area contributed by atoms with Crippen molar-refractivity contribution in [2.24, 2.45) is 11.3 Å². The van der Waals surface area contributed by atoms with Crippen molar-refractivity contribution in [1.29, 1.82) is 0 Å². The Hall–Kier alpha value is -0.0800. The SMILES string of the molecule is CC(C)(C)C1CCC(NC2CCN3CCCC23)CC1. The second-order valence-electron chi connectivity index (χ2n) is 8.22. The largest absolute Gasteiger partial charge is 0.310 e. The first kappa shape index (κ1) is 13.9. The minimum absolute atomic E-state index is 0.514. The van der Waals surface area contributed by atoms with Gasteiger partial charge in [0.05, 0.1) is 0 Å². The van der Waals surface area contributed by atoms with Crippen LogP contribution in [0.3, 0.4) is 0 Å². The topological polar surface area (TPSA) is 15.3 Å². The van der Waals surface area contributed by atoms with Crippen molar-refractivity contribution in [3.63, 3.8) is 0 Å². The molecular weight excluding hydrogens is 232 g/mol. The molecule has 0 radical (unpaired) electrons. The molecule has 0 aromatic heterocycles. The first-order valence-electron chi connectivity index (χ1n) is 8.54. The van der Waals surface area contributed by atoms with Gasteiger partial charge in [-0.25, -0.2) is 0 Å². The fraction of sp³-hybridized carbons (Fsp3) is 1.00. The van der Waals surface area contributed by atoms with Gasteiger partial charge in [-0.2, -0.15) is 0 Å². The molecule has 0 aromatic carbocycles. The molecule has 2 heteroatoms. The molecule has 3 aliphatic rings. The standard InChI is InChI=1S/C17H32N2/c1-17(2,3)13-6-8-14(9-7-13)18-15-10-12-19-11-4-5-16(15)19/h13-16,18H,4-12H2,1-3H3. The molecule has 0 aromatic rings. The van der Waals surface area contributed by atoms with Crippen LogP contribution in [-0.4, -0.2) is 36.1 Å². The van der Waals surface area contributed by atoms with E-state index in [4.69, 9.17) is 0 Å². The van der Waals surface area contributed by atoms with Crippen molar-refractivity contribution in [2.45, 2.75) is 83.8 Å². The summed E-state index contributed by atoms with van der Waals surface area (Å²) >= 11 is 0. The number of nitrogens with one attached hydrogen (secondary N) is 1. The summed E-state index contributed by atoms with van der Waals surface area (Å²) in [6, 6.07) is 2.49. The van der Waals surface area contributed by atoms with Crippen LogP contribution in [0.15, 0.2) is 0 Å². The van der Waals surface area contributed by atoms with E-state index in [9.17, 15) is 0 Å². The molecule has 3 fully saturated rings. The van der Waals surface area contributed by atoms with Gasteiger partial charge in [0.1, 0.15) is 0 Å². The van der Waals surface area contributed by atoms with E-state index in [1.54, 1.807) is 0 Å². The highest BCUT2D eigenvalue weighted by molar-refractivity contribution is 4.97. The van der Waals surface area contributed by atoms with Crippen LogP contribution in [0.1, 0.15) is 65.7 Å². The van der Waals surface area contributed by atoms with E-state index < -0.39 is 0 Å². The molecule has 1 saturated carbocycles. The van der Waals surface area contributed by atoms with Gasteiger partial charge in [-0.3, -0.25) is 4.90 Å². The normalized spacial score (nSPS) is 40.6. The van der Waals surface area contributed by atoms with Crippen molar-refractivity contribution < 1.29 is 0 Å². The lowest BCUT2D eigenvalue weighted by Crippen LogP contribution is -2.46. The summed E-state index contributed by atoms with van der Waals surface area (Å²) in [5, 5.41) is 4.02. The number of hydrogen-bond donors (Lipinski definition) is 1. The van der Waals surface area contributed by atoms with Gasteiger partial charge in [0, 0.05) is 24.7 Å². The van der Waals surface area contributed by atoms with E-state index in [2.05, 4.69) is 31.0 Å². The van der Waals surface area contributed by atoms with Gasteiger partial charge >= 0.3 is 0 Å². The summed E-state index contributed by atoms with van der Waals surface area (Å²) in [5.74, 6) is 0.942. The van der Waals surface area contributed by atoms with Crippen LogP contribution in [0.4, 0.5) is 0 Å². The highest BCUT2D eigenvalue weighted by Gasteiger charge is 2.38. The molecule has 2 unspecified atom stereocenters. The molecule has 19 heavy (non-hydrogen) atoms. The van der Waals surface area contributed by atoms with Crippen LogP contribution >= 0.6 is 0 Å². The average molecular weight is 264 g/mol. The lowest BCUT2D eigenvalue weighted by molar-refractivity contribution is 0.153. The van der Waals surface area contributed by atoms with Crippen LogP contribution < -0.4 is 5.32 Å². The summed E-state index contributed by atoms with van der Waals surface area (Å²) in [4.78, 5) is 2.72. The van der Waals surface area contributed by atoms with E-state index in [1.165, 1.54) is 58.0 Å². The van der Waals surface area contributed by atoms with Crippen LogP contribution in [0, 0.1) is 11.3 Å². The Morgan fingerprint density at radius 2 is 1.63 bits per heavy atom. The van der Waals surface area contributed by atoms with Crippen molar-refractivity contribution in [3.8, 4) is 0 Å². The molecule has 110 valence electrons. The lowest BCUT2D eigenvalue weighted by Gasteiger charge is -2.38. The van der Waals surface area contributed by atoms with Gasteiger partial charge in [-0.15, -0.1) is 0 Å². The zero-order chi connectivity index (χ0) is 13.5. The Kier molecular flexibility index (Phi) is 3.92. The predicted octanol–water partition coefficient (Wildman–Crippen LogP) is 3.42. The molecule has 1 aliphatic carbocycles. The van der Waals surface area contributed by atoms with Crippen molar-refractivity contribution in [1.82, 2.24) is 10.2 Å². The first-order chi connectivity index (χ1) is 9.04. The van der Waals surface area contributed by atoms with Gasteiger partial charge in [-0.05, 0) is 62.8 Å². The summed E-state index contributed by atoms with van der Waals surface area (Å²) in [6.45, 7) is 9.95. The van der Waals surface area contributed by atoms with E-state index in [1.807, 2.05) is 0 Å². The van der Waals surface area contributed by atoms with Crippen LogP contribution in [-0.2, 0) is 0 Å². The highest BCUT2D eigenvalue weighted by atomic mass is 15.2. The van der Waals surface area contributed by atoms with Gasteiger partial charge in [-0.1, -0.05) is 20.8 Å². The molecule has 1 N–H and O–H groups in total. The minimum atomic E-state index is 0.514. The molecule has 3 rings (SSSR count). The van der Waals surface area contributed by atoms with Gasteiger partial charge < -0.3 is 5.32 Å². The molecular formula is C17H32N2. The maximum atomic E-state index is 4.02. The number of nitrogens with zero attached hydrogens (tertiary/aromatic N) is 1. The zero-order valence-electron chi connectivity index (χ0n) is 13.1. The number of rotatable bonds is 2. The molecule has 2 atom stereocenters. The molecule has 2 aliphatic heterocycles. The fourth-order valence-corrected chi connectivity index (χ4v) is 4.71. The van der Waals surface area contributed by atoms with Crippen molar-refractivity contribution >= 4 is 0 Å². The zero-order valence-corrected chi connectivity index (χ0v) is 13.1. The van der Waals surface area contributed by atoms with Crippen molar-refractivity contribution in [2.75, 3.05) is 13.1 Å². The number of fused-ring (bicyclic) bond motifs is 1. The monoisotopic (exact) mass is 264 g/mol. The Morgan fingerprint density at radius 3 is 2.32 bits per heavy atom. The third-order valence-corrected chi connectivity index (χ3v) is 6.01. The van der Waals surface area contributed by atoms with E-state index in [-0.39, 0.29) is 0 Å². The highest BCUT2D eigenvalue weighted by Crippen LogP contribution is 2.38. The Balaban J connectivity index is 1.47. The van der Waals surface area contributed by atoms with Crippen molar-refractivity contribution in [3.05, 3.63) is 0 Å². The molecule has 2 heterocycles. The third kappa shape index (κ3) is 3.00. The maximum absolute atomic E-state index is 4.02.